The van der Waals surface area contributed by atoms with Gasteiger partial charge in [-0.2, -0.15) is 5.10 Å². The van der Waals surface area contributed by atoms with E-state index in [0.29, 0.717) is 6.54 Å². The standard InChI is InChI=1S/C16H15N3OS/c1-19-10-14-13(4-3-5-15(14)18-19)11-6-7-12-9-17-21(2,20)16(12)8-11/h3-8,10H,9H2,1-2H3. The van der Waals surface area contributed by atoms with E-state index in [1.165, 1.54) is 0 Å². The molecule has 1 unspecified atom stereocenters. The lowest BCUT2D eigenvalue weighted by Gasteiger charge is -2.07. The Morgan fingerprint density at radius 2 is 2.10 bits per heavy atom. The number of nitrogens with zero attached hydrogens (tertiary/aromatic N) is 3. The van der Waals surface area contributed by atoms with Gasteiger partial charge in [-0.1, -0.05) is 24.3 Å². The normalized spacial score (nSPS) is 20.5. The lowest BCUT2D eigenvalue weighted by atomic mass is 10.0. The minimum absolute atomic E-state index is 0.558. The van der Waals surface area contributed by atoms with Crippen LogP contribution in [0.5, 0.6) is 0 Å². The number of hydrogen-bond acceptors (Lipinski definition) is 3. The first-order valence-corrected chi connectivity index (χ1v) is 8.70. The summed E-state index contributed by atoms with van der Waals surface area (Å²) in [6, 6.07) is 12.2. The molecule has 4 rings (SSSR count). The van der Waals surface area contributed by atoms with Crippen LogP contribution in [0.25, 0.3) is 22.0 Å². The topological polar surface area (TPSA) is 47.2 Å². The van der Waals surface area contributed by atoms with E-state index in [1.54, 1.807) is 6.26 Å². The van der Waals surface area contributed by atoms with Gasteiger partial charge >= 0.3 is 0 Å². The second-order valence-corrected chi connectivity index (χ2v) is 7.76. The van der Waals surface area contributed by atoms with Gasteiger partial charge in [0.1, 0.15) is 0 Å². The summed E-state index contributed by atoms with van der Waals surface area (Å²) in [5.41, 5.74) is 4.23. The average Bonchev–Trinajstić information content (AvgIpc) is 2.98. The molecule has 5 heteroatoms. The molecule has 1 aliphatic rings. The quantitative estimate of drug-likeness (QED) is 0.692. The SMILES string of the molecule is Cn1cc2c(-c3ccc4c(c3)S(C)(=O)=NC4)cccc2n1. The highest BCUT2D eigenvalue weighted by molar-refractivity contribution is 7.93. The van der Waals surface area contributed by atoms with E-state index in [1.807, 2.05) is 42.2 Å². The first-order valence-electron chi connectivity index (χ1n) is 6.78. The van der Waals surface area contributed by atoms with Gasteiger partial charge in [0.2, 0.25) is 0 Å². The van der Waals surface area contributed by atoms with Crippen molar-refractivity contribution in [3.05, 3.63) is 48.2 Å². The molecule has 0 radical (unpaired) electrons. The van der Waals surface area contributed by atoms with E-state index in [4.69, 9.17) is 0 Å². The van der Waals surface area contributed by atoms with Gasteiger partial charge in [0, 0.05) is 24.9 Å². The van der Waals surface area contributed by atoms with Gasteiger partial charge in [-0.3, -0.25) is 4.68 Å². The summed E-state index contributed by atoms with van der Waals surface area (Å²) >= 11 is 0. The van der Waals surface area contributed by atoms with E-state index in [-0.39, 0.29) is 0 Å². The first-order chi connectivity index (χ1) is 10.0. The van der Waals surface area contributed by atoms with Gasteiger partial charge in [-0.15, -0.1) is 0 Å². The number of hydrogen-bond donors (Lipinski definition) is 0. The molecule has 0 bridgehead atoms. The molecule has 3 aromatic rings. The summed E-state index contributed by atoms with van der Waals surface area (Å²) < 4.78 is 18.5. The molecule has 2 heterocycles. The fourth-order valence-corrected chi connectivity index (χ4v) is 4.37. The Morgan fingerprint density at radius 1 is 1.24 bits per heavy atom. The Bertz CT molecular complexity index is 994. The molecule has 1 aromatic heterocycles. The Morgan fingerprint density at radius 3 is 2.95 bits per heavy atom. The van der Waals surface area contributed by atoms with Crippen molar-refractivity contribution in [1.29, 1.82) is 0 Å². The van der Waals surface area contributed by atoms with E-state index in [2.05, 4.69) is 21.6 Å². The summed E-state index contributed by atoms with van der Waals surface area (Å²) in [6.45, 7) is 0.558. The summed E-state index contributed by atoms with van der Waals surface area (Å²) in [5, 5.41) is 5.55. The highest BCUT2D eigenvalue weighted by atomic mass is 32.2. The molecule has 1 atom stereocenters. The lowest BCUT2D eigenvalue weighted by molar-refractivity contribution is 0.681. The van der Waals surface area contributed by atoms with Crippen LogP contribution in [0.4, 0.5) is 0 Å². The summed E-state index contributed by atoms with van der Waals surface area (Å²) in [6.07, 6.45) is 3.73. The Labute approximate surface area is 123 Å². The van der Waals surface area contributed by atoms with Crippen LogP contribution in [0.3, 0.4) is 0 Å². The molecule has 0 fully saturated rings. The van der Waals surface area contributed by atoms with Gasteiger partial charge in [0.05, 0.1) is 26.7 Å². The number of aryl methyl sites for hydroxylation is 1. The van der Waals surface area contributed by atoms with Gasteiger partial charge in [-0.05, 0) is 28.8 Å². The third-order valence-corrected chi connectivity index (χ3v) is 5.75. The van der Waals surface area contributed by atoms with Crippen molar-refractivity contribution in [2.24, 2.45) is 11.4 Å². The molecule has 0 spiro atoms. The van der Waals surface area contributed by atoms with Crippen molar-refractivity contribution in [2.45, 2.75) is 11.4 Å². The Hall–Kier alpha value is -2.14. The van der Waals surface area contributed by atoms with Crippen LogP contribution in [0.2, 0.25) is 0 Å². The molecule has 0 N–H and O–H groups in total. The van der Waals surface area contributed by atoms with Crippen molar-refractivity contribution in [2.75, 3.05) is 6.26 Å². The summed E-state index contributed by atoms with van der Waals surface area (Å²) in [5.74, 6) is 0. The molecule has 0 aliphatic carbocycles. The minimum atomic E-state index is -2.23. The molecule has 106 valence electrons. The molecule has 0 saturated heterocycles. The first kappa shape index (κ1) is 12.6. The Kier molecular flexibility index (Phi) is 2.50. The summed E-state index contributed by atoms with van der Waals surface area (Å²) in [7, 11) is -0.309. The predicted octanol–water partition coefficient (Wildman–Crippen LogP) is 3.21. The van der Waals surface area contributed by atoms with Crippen LogP contribution < -0.4 is 0 Å². The highest BCUT2D eigenvalue weighted by Crippen LogP contribution is 2.33. The fourth-order valence-electron chi connectivity index (χ4n) is 2.88. The fraction of sp³-hybridized carbons (Fsp3) is 0.188. The van der Waals surface area contributed by atoms with Gasteiger partial charge in [0.25, 0.3) is 0 Å². The zero-order valence-electron chi connectivity index (χ0n) is 11.9. The van der Waals surface area contributed by atoms with Crippen LogP contribution >= 0.6 is 0 Å². The minimum Gasteiger partial charge on any atom is -0.275 e. The monoisotopic (exact) mass is 297 g/mol. The van der Waals surface area contributed by atoms with Crippen LogP contribution in [0.15, 0.2) is 51.9 Å². The van der Waals surface area contributed by atoms with Crippen LogP contribution in [0, 0.1) is 0 Å². The van der Waals surface area contributed by atoms with Crippen LogP contribution in [-0.4, -0.2) is 20.2 Å². The number of fused-ring (bicyclic) bond motifs is 2. The molecule has 0 amide bonds. The van der Waals surface area contributed by atoms with Crippen molar-refractivity contribution in [1.82, 2.24) is 9.78 Å². The molecule has 4 nitrogen and oxygen atoms in total. The predicted molar refractivity (Wildman–Crippen MR) is 84.6 cm³/mol. The zero-order chi connectivity index (χ0) is 14.6. The zero-order valence-corrected chi connectivity index (χ0v) is 12.7. The van der Waals surface area contributed by atoms with E-state index < -0.39 is 9.73 Å². The number of benzene rings is 2. The Balaban J connectivity index is 1.98. The van der Waals surface area contributed by atoms with Crippen molar-refractivity contribution < 1.29 is 4.21 Å². The molecule has 0 saturated carbocycles. The molecular formula is C16H15N3OS. The summed E-state index contributed by atoms with van der Waals surface area (Å²) in [4.78, 5) is 0.876. The third-order valence-electron chi connectivity index (χ3n) is 3.93. The van der Waals surface area contributed by atoms with Gasteiger partial charge in [0.15, 0.2) is 0 Å². The number of rotatable bonds is 1. The second-order valence-electron chi connectivity index (χ2n) is 5.45. The largest absolute Gasteiger partial charge is 0.275 e. The molecular weight excluding hydrogens is 282 g/mol. The second kappa shape index (κ2) is 4.18. The van der Waals surface area contributed by atoms with Crippen molar-refractivity contribution in [3.63, 3.8) is 0 Å². The average molecular weight is 297 g/mol. The maximum atomic E-state index is 12.5. The van der Waals surface area contributed by atoms with Gasteiger partial charge in [-0.25, -0.2) is 8.57 Å². The van der Waals surface area contributed by atoms with Crippen molar-refractivity contribution in [3.8, 4) is 11.1 Å². The molecule has 1 aliphatic heterocycles. The smallest absolute Gasteiger partial charge is 0.0929 e. The van der Waals surface area contributed by atoms with Crippen LogP contribution in [-0.2, 0) is 23.3 Å². The van der Waals surface area contributed by atoms with Crippen molar-refractivity contribution >= 4 is 20.6 Å². The van der Waals surface area contributed by atoms with Gasteiger partial charge < -0.3 is 0 Å². The maximum absolute atomic E-state index is 12.5. The van der Waals surface area contributed by atoms with E-state index >= 15 is 0 Å². The molecule has 21 heavy (non-hydrogen) atoms. The van der Waals surface area contributed by atoms with E-state index in [0.717, 1.165) is 32.5 Å². The van der Waals surface area contributed by atoms with Crippen LogP contribution in [0.1, 0.15) is 5.56 Å². The molecule has 2 aromatic carbocycles. The third kappa shape index (κ3) is 1.88. The van der Waals surface area contributed by atoms with E-state index in [9.17, 15) is 4.21 Å². The highest BCUT2D eigenvalue weighted by Gasteiger charge is 2.19. The lowest BCUT2D eigenvalue weighted by Crippen LogP contribution is -1.94. The maximum Gasteiger partial charge on any atom is 0.0929 e. The number of aromatic nitrogens is 2.